The molecule has 4 rings (SSSR count). The Bertz CT molecular complexity index is 401. The fourth-order valence-corrected chi connectivity index (χ4v) is 4.97. The van der Waals surface area contributed by atoms with Crippen molar-refractivity contribution in [2.75, 3.05) is 0 Å². The summed E-state index contributed by atoms with van der Waals surface area (Å²) in [6.45, 7) is 7.20. The molecule has 120 valence electrons. The van der Waals surface area contributed by atoms with Gasteiger partial charge in [0.15, 0.2) is 0 Å². The normalized spacial score (nSPS) is 38.4. The van der Waals surface area contributed by atoms with Gasteiger partial charge in [0.2, 0.25) is 0 Å². The Kier molecular flexibility index (Phi) is 3.32. The molecule has 4 fully saturated rings. The van der Waals surface area contributed by atoms with Crippen molar-refractivity contribution in [3.8, 4) is 0 Å². The third kappa shape index (κ3) is 2.79. The summed E-state index contributed by atoms with van der Waals surface area (Å²) < 4.78 is 0. The molecule has 2 amide bonds. The highest BCUT2D eigenvalue weighted by Gasteiger charge is 2.52. The van der Waals surface area contributed by atoms with Crippen LogP contribution in [0.4, 0.5) is 4.79 Å². The molecular formula is C17H30N2O2. The molecule has 0 aromatic carbocycles. The second kappa shape index (κ2) is 4.61. The fourth-order valence-electron chi connectivity index (χ4n) is 4.97. The summed E-state index contributed by atoms with van der Waals surface area (Å²) in [6, 6.07) is -0.121. The summed E-state index contributed by atoms with van der Waals surface area (Å²) in [6.07, 6.45) is 7.56. The topological polar surface area (TPSA) is 61.4 Å². The summed E-state index contributed by atoms with van der Waals surface area (Å²) in [7, 11) is 0. The van der Waals surface area contributed by atoms with Gasteiger partial charge < -0.3 is 15.7 Å². The molecule has 0 aliphatic heterocycles. The minimum absolute atomic E-state index is 0.0223. The van der Waals surface area contributed by atoms with E-state index in [0.29, 0.717) is 0 Å². The highest BCUT2D eigenvalue weighted by molar-refractivity contribution is 5.76. The number of nitrogens with one attached hydrogen (secondary N) is 2. The van der Waals surface area contributed by atoms with Crippen LogP contribution in [-0.4, -0.2) is 27.8 Å². The molecule has 0 saturated heterocycles. The SMILES string of the molecule is CC(C)(O)C(C)(C)NC(=O)NC12CC3CC(CC(C3)C1)C2. The van der Waals surface area contributed by atoms with Gasteiger partial charge >= 0.3 is 6.03 Å². The molecule has 4 aliphatic rings. The maximum atomic E-state index is 12.5. The van der Waals surface area contributed by atoms with Crippen molar-refractivity contribution in [1.29, 1.82) is 0 Å². The van der Waals surface area contributed by atoms with Gasteiger partial charge in [-0.05, 0) is 84.0 Å². The van der Waals surface area contributed by atoms with E-state index >= 15 is 0 Å². The van der Waals surface area contributed by atoms with Gasteiger partial charge in [0, 0.05) is 5.54 Å². The fraction of sp³-hybridized carbons (Fsp3) is 0.941. The lowest BCUT2D eigenvalue weighted by molar-refractivity contribution is -0.0190. The van der Waals surface area contributed by atoms with Crippen LogP contribution in [0.3, 0.4) is 0 Å². The van der Waals surface area contributed by atoms with E-state index in [-0.39, 0.29) is 11.6 Å². The molecule has 0 aromatic rings. The third-order valence-corrected chi connectivity index (χ3v) is 6.37. The molecule has 0 unspecified atom stereocenters. The summed E-state index contributed by atoms with van der Waals surface area (Å²) in [4.78, 5) is 12.5. The van der Waals surface area contributed by atoms with E-state index in [4.69, 9.17) is 0 Å². The van der Waals surface area contributed by atoms with Crippen LogP contribution >= 0.6 is 0 Å². The minimum Gasteiger partial charge on any atom is -0.388 e. The van der Waals surface area contributed by atoms with Crippen LogP contribution in [0.5, 0.6) is 0 Å². The maximum Gasteiger partial charge on any atom is 0.315 e. The van der Waals surface area contributed by atoms with Crippen LogP contribution in [-0.2, 0) is 0 Å². The van der Waals surface area contributed by atoms with E-state index in [9.17, 15) is 9.90 Å². The predicted molar refractivity (Wildman–Crippen MR) is 82.9 cm³/mol. The largest absolute Gasteiger partial charge is 0.388 e. The second-order valence-electron chi connectivity index (χ2n) is 8.96. The van der Waals surface area contributed by atoms with E-state index in [1.165, 1.54) is 19.3 Å². The molecule has 3 N–H and O–H groups in total. The second-order valence-corrected chi connectivity index (χ2v) is 8.96. The number of rotatable bonds is 3. The van der Waals surface area contributed by atoms with Gasteiger partial charge in [-0.1, -0.05) is 0 Å². The van der Waals surface area contributed by atoms with Crippen molar-refractivity contribution < 1.29 is 9.90 Å². The van der Waals surface area contributed by atoms with Crippen LogP contribution < -0.4 is 10.6 Å². The lowest BCUT2D eigenvalue weighted by Crippen LogP contribution is -2.65. The summed E-state index contributed by atoms with van der Waals surface area (Å²) in [5.74, 6) is 2.46. The highest BCUT2D eigenvalue weighted by Crippen LogP contribution is 2.55. The average Bonchev–Trinajstić information content (AvgIpc) is 2.22. The molecule has 4 bridgehead atoms. The van der Waals surface area contributed by atoms with Crippen LogP contribution in [0.2, 0.25) is 0 Å². The predicted octanol–water partition coefficient (Wildman–Crippen LogP) is 2.80. The van der Waals surface area contributed by atoms with E-state index in [0.717, 1.165) is 37.0 Å². The van der Waals surface area contributed by atoms with Gasteiger partial charge in [0.05, 0.1) is 11.1 Å². The standard InChI is InChI=1S/C17H30N2O2/c1-15(2,16(3,4)21)18-14(20)19-17-8-11-5-12(9-17)7-13(6-11)10-17/h11-13,21H,5-10H2,1-4H3,(H2,18,19,20). The summed E-state index contributed by atoms with van der Waals surface area (Å²) in [5.41, 5.74) is -1.58. The Hall–Kier alpha value is -0.770. The number of urea groups is 1. The van der Waals surface area contributed by atoms with Gasteiger partial charge in [0.1, 0.15) is 0 Å². The molecule has 0 aromatic heterocycles. The van der Waals surface area contributed by atoms with Crippen LogP contribution in [0.25, 0.3) is 0 Å². The Morgan fingerprint density at radius 2 is 1.43 bits per heavy atom. The third-order valence-electron chi connectivity index (χ3n) is 6.37. The molecule has 4 saturated carbocycles. The van der Waals surface area contributed by atoms with E-state index < -0.39 is 11.1 Å². The number of carbonyl (C=O) groups excluding carboxylic acids is 1. The zero-order valence-corrected chi connectivity index (χ0v) is 13.8. The highest BCUT2D eigenvalue weighted by atomic mass is 16.3. The first-order chi connectivity index (χ1) is 9.59. The molecule has 4 nitrogen and oxygen atoms in total. The zero-order valence-electron chi connectivity index (χ0n) is 13.8. The smallest absolute Gasteiger partial charge is 0.315 e. The monoisotopic (exact) mass is 294 g/mol. The van der Waals surface area contributed by atoms with Gasteiger partial charge in [0.25, 0.3) is 0 Å². The first-order valence-corrected chi connectivity index (χ1v) is 8.41. The van der Waals surface area contributed by atoms with Gasteiger partial charge in [-0.2, -0.15) is 0 Å². The summed E-state index contributed by atoms with van der Waals surface area (Å²) in [5, 5.41) is 16.4. The zero-order chi connectivity index (χ0) is 15.5. The van der Waals surface area contributed by atoms with Gasteiger partial charge in [-0.3, -0.25) is 0 Å². The van der Waals surface area contributed by atoms with Crippen molar-refractivity contribution in [2.45, 2.75) is 82.9 Å². The van der Waals surface area contributed by atoms with Crippen LogP contribution in [0.15, 0.2) is 0 Å². The van der Waals surface area contributed by atoms with Crippen LogP contribution in [0.1, 0.15) is 66.2 Å². The number of amides is 2. The maximum absolute atomic E-state index is 12.5. The number of hydrogen-bond donors (Lipinski definition) is 3. The summed E-state index contributed by atoms with van der Waals surface area (Å²) >= 11 is 0. The molecule has 4 aliphatic carbocycles. The van der Waals surface area contributed by atoms with Gasteiger partial charge in [-0.25, -0.2) is 4.79 Å². The van der Waals surface area contributed by atoms with Crippen molar-refractivity contribution in [1.82, 2.24) is 10.6 Å². The van der Waals surface area contributed by atoms with E-state index in [1.807, 2.05) is 13.8 Å². The van der Waals surface area contributed by atoms with Crippen molar-refractivity contribution in [3.63, 3.8) is 0 Å². The lowest BCUT2D eigenvalue weighted by atomic mass is 9.53. The molecular weight excluding hydrogens is 264 g/mol. The number of hydrogen-bond acceptors (Lipinski definition) is 2. The van der Waals surface area contributed by atoms with Crippen LogP contribution in [0, 0.1) is 17.8 Å². The van der Waals surface area contributed by atoms with Crippen molar-refractivity contribution in [2.24, 2.45) is 17.8 Å². The lowest BCUT2D eigenvalue weighted by Gasteiger charge is -2.57. The van der Waals surface area contributed by atoms with Crippen molar-refractivity contribution in [3.05, 3.63) is 0 Å². The van der Waals surface area contributed by atoms with E-state index in [2.05, 4.69) is 10.6 Å². The molecule has 21 heavy (non-hydrogen) atoms. The molecule has 0 spiro atoms. The quantitative estimate of drug-likeness (QED) is 0.749. The van der Waals surface area contributed by atoms with Gasteiger partial charge in [-0.15, -0.1) is 0 Å². The first kappa shape index (κ1) is 15.1. The molecule has 0 radical (unpaired) electrons. The van der Waals surface area contributed by atoms with Crippen molar-refractivity contribution >= 4 is 6.03 Å². The Labute approximate surface area is 128 Å². The van der Waals surface area contributed by atoms with E-state index in [1.54, 1.807) is 13.8 Å². The minimum atomic E-state index is -0.953. The first-order valence-electron chi connectivity index (χ1n) is 8.41. The molecule has 0 heterocycles. The molecule has 4 heteroatoms. The Morgan fingerprint density at radius 3 is 1.81 bits per heavy atom. The number of carbonyl (C=O) groups is 1. The Balaban J connectivity index is 1.65. The molecule has 0 atom stereocenters. The Morgan fingerprint density at radius 1 is 1.00 bits per heavy atom. The average molecular weight is 294 g/mol. The number of aliphatic hydroxyl groups is 1.